The maximum atomic E-state index is 14.1. The highest BCUT2D eigenvalue weighted by atomic mass is 16.7. The van der Waals surface area contributed by atoms with Crippen molar-refractivity contribution < 1.29 is 78.1 Å². The van der Waals surface area contributed by atoms with Crippen LogP contribution in [0.2, 0.25) is 0 Å². The van der Waals surface area contributed by atoms with Crippen LogP contribution in [0.1, 0.15) is 111 Å². The lowest BCUT2D eigenvalue weighted by molar-refractivity contribution is -0.249. The molecule has 6 atom stereocenters. The number of likely N-dealkylation sites (N-methyl/N-ethyl adjacent to an activating group) is 1. The van der Waals surface area contributed by atoms with E-state index in [-0.39, 0.29) is 107 Å². The van der Waals surface area contributed by atoms with E-state index in [1.54, 1.807) is 33.0 Å². The van der Waals surface area contributed by atoms with Crippen molar-refractivity contribution in [3.8, 4) is 17.2 Å². The summed E-state index contributed by atoms with van der Waals surface area (Å²) >= 11 is 0. The molecule has 84 heavy (non-hydrogen) atoms. The van der Waals surface area contributed by atoms with Crippen LogP contribution >= 0.6 is 0 Å². The van der Waals surface area contributed by atoms with Gasteiger partial charge in [0.15, 0.2) is 41.1 Å². The van der Waals surface area contributed by atoms with Gasteiger partial charge in [-0.3, -0.25) is 38.4 Å². The maximum Gasteiger partial charge on any atom is 0.292 e. The average molecular weight is 1160 g/mol. The summed E-state index contributed by atoms with van der Waals surface area (Å²) in [6.07, 6.45) is -0.475. The lowest BCUT2D eigenvalue weighted by Crippen LogP contribution is -2.55. The third-order valence-electron chi connectivity index (χ3n) is 14.3. The summed E-state index contributed by atoms with van der Waals surface area (Å²) in [6, 6.07) is 3.51. The number of hydrogen-bond donors (Lipinski definition) is 11. The Bertz CT molecular complexity index is 3670. The van der Waals surface area contributed by atoms with E-state index in [2.05, 4.69) is 51.8 Å². The van der Waals surface area contributed by atoms with Gasteiger partial charge in [-0.1, -0.05) is 12.1 Å². The highest BCUT2D eigenvalue weighted by Crippen LogP contribution is 2.52. The second kappa shape index (κ2) is 23.6. The number of aromatic nitrogens is 8. The first-order chi connectivity index (χ1) is 39.8. The Morgan fingerprint density at radius 2 is 1.25 bits per heavy atom. The molecule has 3 aliphatic rings. The fraction of sp³-hybridized carbons (Fsp3) is 0.396. The summed E-state index contributed by atoms with van der Waals surface area (Å²) in [6.45, 7) is 0.618. The van der Waals surface area contributed by atoms with Gasteiger partial charge in [0.2, 0.25) is 35.0 Å². The number of nitrogens with zero attached hydrogens (tertiary/aromatic N) is 9. The fourth-order valence-corrected chi connectivity index (χ4v) is 10.4. The van der Waals surface area contributed by atoms with E-state index in [4.69, 9.17) is 14.2 Å². The van der Waals surface area contributed by atoms with Gasteiger partial charge in [0.1, 0.15) is 29.5 Å². The number of rotatable bonds is 19. The number of phenolic OH excluding ortho intramolecular Hbond substituents is 2. The first-order valence-corrected chi connectivity index (χ1v) is 26.1. The van der Waals surface area contributed by atoms with Crippen LogP contribution in [0.3, 0.4) is 0 Å². The minimum Gasteiger partial charge on any atom is -0.507 e. The number of fused-ring (bicyclic) bond motifs is 3. The summed E-state index contributed by atoms with van der Waals surface area (Å²) in [7, 11) is 10.9. The smallest absolute Gasteiger partial charge is 0.292 e. The number of Topliss-reactive ketones (excluding diaryl/α,β-unsaturated/α-hetero) is 1. The Hall–Kier alpha value is -9.24. The third-order valence-corrected chi connectivity index (χ3v) is 14.3. The normalized spacial score (nSPS) is 19.9. The lowest BCUT2D eigenvalue weighted by Gasteiger charge is -2.43. The molecule has 31 heteroatoms. The molecule has 2 aliphatic carbocycles. The SMILES string of the molecule is COc1cccc2c1C(=O)c1c(O)c3c(c(O)c1C2=O)C[C@@](O)(C(=O)CO)C[C@H]3OC1C[C@@H](NCCNC(=O)c2nc(NC(=O)c3nc(NC(=O)c4nc(NC(=O)c5nc(NC(=O)CN(C)C)cn5C)cn4C)cn3C)cn2C)[C@@H](O)[C@@H](C)O1. The van der Waals surface area contributed by atoms with Gasteiger partial charge < -0.3 is 94.8 Å². The van der Waals surface area contributed by atoms with Crippen molar-refractivity contribution in [3.63, 3.8) is 0 Å². The van der Waals surface area contributed by atoms with E-state index < -0.39 is 119 Å². The molecule has 2 aromatic carbocycles. The zero-order chi connectivity index (χ0) is 60.8. The molecule has 6 aromatic rings. The van der Waals surface area contributed by atoms with Crippen LogP contribution in [0.4, 0.5) is 23.3 Å². The van der Waals surface area contributed by atoms with E-state index in [0.29, 0.717) is 0 Å². The summed E-state index contributed by atoms with van der Waals surface area (Å²) in [5, 5.41) is 72.6. The Kier molecular flexibility index (Phi) is 16.7. The number of methoxy groups -OCH3 is 1. The van der Waals surface area contributed by atoms with Crippen LogP contribution < -0.4 is 36.6 Å². The van der Waals surface area contributed by atoms with E-state index in [0.717, 1.165) is 0 Å². The van der Waals surface area contributed by atoms with Crippen LogP contribution in [0.5, 0.6) is 17.2 Å². The van der Waals surface area contributed by atoms with Crippen molar-refractivity contribution in [1.29, 1.82) is 0 Å². The Labute approximate surface area is 477 Å². The highest BCUT2D eigenvalue weighted by molar-refractivity contribution is 6.31. The molecule has 0 saturated carbocycles. The number of carbonyl (C=O) groups excluding carboxylic acids is 8. The minimum atomic E-state index is -2.38. The molecule has 5 heterocycles. The van der Waals surface area contributed by atoms with E-state index in [1.165, 1.54) is 89.5 Å². The number of aromatic hydroxyl groups is 2. The number of ether oxygens (including phenoxy) is 3. The molecule has 9 rings (SSSR count). The Morgan fingerprint density at radius 1 is 0.738 bits per heavy atom. The van der Waals surface area contributed by atoms with Crippen molar-refractivity contribution in [1.82, 2.24) is 53.7 Å². The molecule has 0 radical (unpaired) electrons. The van der Waals surface area contributed by atoms with Gasteiger partial charge in [-0.15, -0.1) is 0 Å². The molecule has 4 aromatic heterocycles. The molecule has 0 bridgehead atoms. The molecule has 1 saturated heterocycles. The van der Waals surface area contributed by atoms with Crippen molar-refractivity contribution in [2.45, 2.75) is 62.4 Å². The predicted octanol–water partition coefficient (Wildman–Crippen LogP) is -0.747. The van der Waals surface area contributed by atoms with Gasteiger partial charge in [-0.25, -0.2) is 19.9 Å². The van der Waals surface area contributed by atoms with Crippen LogP contribution in [-0.2, 0) is 53.7 Å². The quantitative estimate of drug-likeness (QED) is 0.0351. The maximum absolute atomic E-state index is 14.1. The predicted molar refractivity (Wildman–Crippen MR) is 292 cm³/mol. The summed E-state index contributed by atoms with van der Waals surface area (Å²) < 4.78 is 23.2. The number of aliphatic hydroxyl groups is 3. The van der Waals surface area contributed by atoms with Gasteiger partial charge in [0, 0.05) is 108 Å². The zero-order valence-corrected chi connectivity index (χ0v) is 46.6. The lowest BCUT2D eigenvalue weighted by atomic mass is 9.72. The van der Waals surface area contributed by atoms with Crippen LogP contribution in [0, 0.1) is 0 Å². The molecule has 1 fully saturated rings. The molecule has 444 valence electrons. The number of hydrogen-bond acceptors (Lipinski definition) is 22. The van der Waals surface area contributed by atoms with E-state index in [1.807, 2.05) is 0 Å². The van der Waals surface area contributed by atoms with Crippen molar-refractivity contribution in [2.75, 3.05) is 68.7 Å². The molecular weight excluding hydrogens is 1100 g/mol. The van der Waals surface area contributed by atoms with Crippen LogP contribution in [0.15, 0.2) is 43.0 Å². The monoisotopic (exact) mass is 1160 g/mol. The van der Waals surface area contributed by atoms with E-state index in [9.17, 15) is 63.9 Å². The van der Waals surface area contributed by atoms with Gasteiger partial charge in [-0.05, 0) is 27.1 Å². The number of nitrogens with one attached hydrogen (secondary N) is 6. The van der Waals surface area contributed by atoms with Crippen LogP contribution in [-0.4, -0.2) is 193 Å². The van der Waals surface area contributed by atoms with Gasteiger partial charge >= 0.3 is 0 Å². The minimum absolute atomic E-state index is 0.00983. The number of phenols is 2. The second-order valence-electron chi connectivity index (χ2n) is 20.7. The number of aryl methyl sites for hydroxylation is 4. The largest absolute Gasteiger partial charge is 0.507 e. The fourth-order valence-electron chi connectivity index (χ4n) is 10.4. The summed E-state index contributed by atoms with van der Waals surface area (Å²) in [4.78, 5) is 125. The molecule has 1 unspecified atom stereocenters. The molecule has 5 amide bonds. The molecular formula is C53H61N15O16. The van der Waals surface area contributed by atoms with Crippen molar-refractivity contribution in [3.05, 3.63) is 99.7 Å². The van der Waals surface area contributed by atoms with Crippen molar-refractivity contribution in [2.24, 2.45) is 28.2 Å². The van der Waals surface area contributed by atoms with Crippen molar-refractivity contribution >= 4 is 70.2 Å². The number of ketones is 3. The van der Waals surface area contributed by atoms with Gasteiger partial charge in [-0.2, -0.15) is 0 Å². The van der Waals surface area contributed by atoms with Crippen LogP contribution in [0.25, 0.3) is 0 Å². The summed E-state index contributed by atoms with van der Waals surface area (Å²) in [5.74, 6) is -7.56. The first kappa shape index (κ1) is 59.4. The van der Waals surface area contributed by atoms with Gasteiger partial charge in [0.25, 0.3) is 23.6 Å². The standard InChI is InChI=1S/C53H61N15O16/c1-23-40(72)26(14-35(83-23)84-28-16-53(81,29(70)22-69)15-25-37(28)44(76)39-38(42(25)74)41(73)24-10-9-11-27(82-8)36(24)43(39)75)54-12-13-55-49(77)45-58-31(18-65(45)4)61-51(79)47-60-33(20-67(47)6)63-52(80)48-59-32(19-68(48)7)62-50(78)46-57-30(17-66(46)5)56-34(71)21-64(2)3/h9-11,17-20,23,26,28,35,40,54,69,72,74,76,81H,12-16,21-22H2,1-8H3,(H,55,77)(H,56,71)(H,61,79)(H,62,78)(H,63,80)/t23-,26-,28-,35?,40+,53+/m1/s1. The topological polar surface area (TPSA) is 412 Å². The van der Waals surface area contributed by atoms with E-state index >= 15 is 0 Å². The molecule has 11 N–H and O–H groups in total. The summed E-state index contributed by atoms with van der Waals surface area (Å²) in [5.41, 5.74) is -4.21. The Balaban J connectivity index is 0.794. The number of benzene rings is 2. The molecule has 31 nitrogen and oxygen atoms in total. The highest BCUT2D eigenvalue weighted by Gasteiger charge is 2.50. The number of amides is 5. The first-order valence-electron chi connectivity index (χ1n) is 26.1. The number of imidazole rings is 4. The molecule has 0 spiro atoms. The average Bonchev–Trinajstić information content (AvgIpc) is 1.04. The number of anilines is 4. The third kappa shape index (κ3) is 11.6. The van der Waals surface area contributed by atoms with Gasteiger partial charge in [0.05, 0.1) is 48.7 Å². The molecule has 1 aliphatic heterocycles. The Morgan fingerprint density at radius 3 is 1.76 bits per heavy atom. The number of aliphatic hydroxyl groups excluding tert-OH is 2. The zero-order valence-electron chi connectivity index (χ0n) is 46.6. The number of carbonyl (C=O) groups is 8. The second-order valence-corrected chi connectivity index (χ2v) is 20.7.